The van der Waals surface area contributed by atoms with Crippen molar-refractivity contribution in [1.29, 1.82) is 0 Å². The van der Waals surface area contributed by atoms with E-state index in [1.54, 1.807) is 6.20 Å². The Morgan fingerprint density at radius 1 is 1.29 bits per heavy atom. The fourth-order valence-electron chi connectivity index (χ4n) is 3.14. The first-order valence-electron chi connectivity index (χ1n) is 9.07. The molecule has 0 unspecified atom stereocenters. The monoisotopic (exact) mass is 396 g/mol. The number of nitrogens with one attached hydrogen (secondary N) is 1. The van der Waals surface area contributed by atoms with E-state index in [9.17, 15) is 4.79 Å². The number of thiazole rings is 1. The molecule has 144 valence electrons. The van der Waals surface area contributed by atoms with Gasteiger partial charge in [-0.05, 0) is 42.2 Å². The summed E-state index contributed by atoms with van der Waals surface area (Å²) in [5, 5.41) is 12.0. The zero-order valence-corrected chi connectivity index (χ0v) is 15.9. The molecule has 3 aromatic rings. The molecule has 0 saturated carbocycles. The molecule has 2 N–H and O–H groups in total. The van der Waals surface area contributed by atoms with Gasteiger partial charge in [0.15, 0.2) is 0 Å². The summed E-state index contributed by atoms with van der Waals surface area (Å²) in [6, 6.07) is 16.1. The molecular weight excluding hydrogens is 376 g/mol. The van der Waals surface area contributed by atoms with E-state index in [4.69, 9.17) is 14.6 Å². The molecule has 0 fully saturated rings. The molecule has 0 aliphatic carbocycles. The molecular formula is C21H20N2O4S. The van der Waals surface area contributed by atoms with Gasteiger partial charge >= 0.3 is 5.97 Å². The molecule has 0 bridgehead atoms. The molecule has 2 aromatic carbocycles. The molecule has 0 radical (unpaired) electrons. The first-order valence-corrected chi connectivity index (χ1v) is 9.88. The minimum absolute atomic E-state index is 0.0805. The highest BCUT2D eigenvalue weighted by Gasteiger charge is 2.21. The Morgan fingerprint density at radius 3 is 2.96 bits per heavy atom. The van der Waals surface area contributed by atoms with Crippen LogP contribution < -0.4 is 14.8 Å². The molecule has 0 saturated heterocycles. The zero-order chi connectivity index (χ0) is 19.3. The number of fused-ring (bicyclic) bond motifs is 1. The largest absolute Gasteiger partial charge is 0.485 e. The van der Waals surface area contributed by atoms with Crippen molar-refractivity contribution in [1.82, 2.24) is 10.3 Å². The molecule has 1 aliphatic rings. The molecule has 0 amide bonds. The van der Waals surface area contributed by atoms with E-state index in [-0.39, 0.29) is 12.6 Å². The van der Waals surface area contributed by atoms with E-state index < -0.39 is 5.97 Å². The quantitative estimate of drug-likeness (QED) is 0.624. The molecule has 2 heterocycles. The average molecular weight is 396 g/mol. The number of aliphatic carboxylic acids is 1. The summed E-state index contributed by atoms with van der Waals surface area (Å²) in [5.74, 6) is 0.733. The van der Waals surface area contributed by atoms with Gasteiger partial charge in [0.25, 0.3) is 5.19 Å². The number of aromatic nitrogens is 1. The maximum Gasteiger partial charge on any atom is 0.317 e. The number of nitrogens with zero attached hydrogens (tertiary/aromatic N) is 1. The second kappa shape index (κ2) is 8.41. The minimum atomic E-state index is -0.883. The van der Waals surface area contributed by atoms with Crippen LogP contribution in [0.1, 0.15) is 28.5 Å². The highest BCUT2D eigenvalue weighted by atomic mass is 32.1. The van der Waals surface area contributed by atoms with Crippen LogP contribution in [0.5, 0.6) is 16.7 Å². The summed E-state index contributed by atoms with van der Waals surface area (Å²) in [6.45, 7) is 0.370. The van der Waals surface area contributed by atoms with Crippen LogP contribution in [0.25, 0.3) is 0 Å². The number of carboxylic acid groups (broad SMARTS) is 1. The summed E-state index contributed by atoms with van der Waals surface area (Å²) in [4.78, 5) is 15.7. The van der Waals surface area contributed by atoms with Crippen LogP contribution in [-0.4, -0.2) is 22.6 Å². The second-order valence-electron chi connectivity index (χ2n) is 6.52. The molecule has 6 nitrogen and oxygen atoms in total. The van der Waals surface area contributed by atoms with Crippen molar-refractivity contribution in [3.8, 4) is 16.7 Å². The summed E-state index contributed by atoms with van der Waals surface area (Å²) < 4.78 is 12.0. The van der Waals surface area contributed by atoms with Crippen molar-refractivity contribution >= 4 is 17.3 Å². The highest BCUT2D eigenvalue weighted by molar-refractivity contribution is 7.13. The maximum absolute atomic E-state index is 10.5. The zero-order valence-electron chi connectivity index (χ0n) is 15.1. The number of carbonyl (C=O) groups is 1. The average Bonchev–Trinajstić information content (AvgIpc) is 3.15. The van der Waals surface area contributed by atoms with Gasteiger partial charge < -0.3 is 19.9 Å². The molecule has 1 aromatic heterocycles. The van der Waals surface area contributed by atoms with Gasteiger partial charge in [0.1, 0.15) is 17.6 Å². The van der Waals surface area contributed by atoms with Crippen molar-refractivity contribution in [2.24, 2.45) is 0 Å². The topological polar surface area (TPSA) is 80.7 Å². The Balaban J connectivity index is 1.39. The van der Waals surface area contributed by atoms with Crippen molar-refractivity contribution in [2.45, 2.75) is 25.5 Å². The smallest absolute Gasteiger partial charge is 0.317 e. The van der Waals surface area contributed by atoms with Gasteiger partial charge in [0.05, 0.1) is 6.54 Å². The number of hydrogen-bond donors (Lipinski definition) is 2. The van der Waals surface area contributed by atoms with E-state index in [1.165, 1.54) is 16.9 Å². The summed E-state index contributed by atoms with van der Waals surface area (Å²) in [5.41, 5.74) is 2.32. The van der Waals surface area contributed by atoms with Crippen molar-refractivity contribution in [3.63, 3.8) is 0 Å². The lowest BCUT2D eigenvalue weighted by atomic mass is 9.97. The Hall–Kier alpha value is -2.90. The summed E-state index contributed by atoms with van der Waals surface area (Å²) in [6.07, 6.45) is 3.63. The summed E-state index contributed by atoms with van der Waals surface area (Å²) in [7, 11) is 0. The number of hydrogen-bond acceptors (Lipinski definition) is 6. The van der Waals surface area contributed by atoms with E-state index in [0.29, 0.717) is 11.7 Å². The first-order chi connectivity index (χ1) is 13.7. The van der Waals surface area contributed by atoms with Gasteiger partial charge in [-0.1, -0.05) is 41.7 Å². The standard InChI is InChI=1S/C21H20N2O4S/c24-20(25)13-22-11-17-12-23-21(28-17)26-16-7-9-19-15(10-16)6-8-18(27-19)14-4-2-1-3-5-14/h1-5,7,9-10,12,18,22H,6,8,11,13H2,(H,24,25)/t18-/m0/s1. The van der Waals surface area contributed by atoms with Crippen LogP contribution in [0.2, 0.25) is 0 Å². The lowest BCUT2D eigenvalue weighted by Crippen LogP contribution is -2.21. The number of carboxylic acids is 1. The van der Waals surface area contributed by atoms with Crippen LogP contribution in [0, 0.1) is 0 Å². The number of benzene rings is 2. The Bertz CT molecular complexity index is 958. The van der Waals surface area contributed by atoms with Crippen LogP contribution >= 0.6 is 11.3 Å². The van der Waals surface area contributed by atoms with Gasteiger partial charge in [0, 0.05) is 17.6 Å². The van der Waals surface area contributed by atoms with Gasteiger partial charge in [-0.15, -0.1) is 0 Å². The van der Waals surface area contributed by atoms with Crippen LogP contribution in [0.15, 0.2) is 54.7 Å². The van der Waals surface area contributed by atoms with E-state index >= 15 is 0 Å². The molecule has 0 spiro atoms. The van der Waals surface area contributed by atoms with Crippen molar-refractivity contribution < 1.29 is 19.4 Å². The fourth-order valence-corrected chi connectivity index (χ4v) is 3.89. The molecule has 4 rings (SSSR count). The Kier molecular flexibility index (Phi) is 5.55. The van der Waals surface area contributed by atoms with Crippen LogP contribution in [-0.2, 0) is 17.8 Å². The van der Waals surface area contributed by atoms with E-state index in [1.807, 2.05) is 36.4 Å². The number of rotatable bonds is 7. The second-order valence-corrected chi connectivity index (χ2v) is 7.59. The molecule has 1 atom stereocenters. The predicted octanol–water partition coefficient (Wildman–Crippen LogP) is 4.18. The maximum atomic E-state index is 10.5. The molecule has 28 heavy (non-hydrogen) atoms. The number of aryl methyl sites for hydroxylation is 1. The predicted molar refractivity (Wildman–Crippen MR) is 106 cm³/mol. The Labute approximate surface area is 166 Å². The third-order valence-electron chi connectivity index (χ3n) is 4.46. The minimum Gasteiger partial charge on any atom is -0.485 e. The third kappa shape index (κ3) is 4.49. The Morgan fingerprint density at radius 2 is 2.14 bits per heavy atom. The van der Waals surface area contributed by atoms with Gasteiger partial charge in [0.2, 0.25) is 0 Å². The van der Waals surface area contributed by atoms with Gasteiger partial charge in [-0.25, -0.2) is 4.98 Å². The van der Waals surface area contributed by atoms with Crippen LogP contribution in [0.3, 0.4) is 0 Å². The van der Waals surface area contributed by atoms with Crippen molar-refractivity contribution in [3.05, 3.63) is 70.7 Å². The summed E-state index contributed by atoms with van der Waals surface area (Å²) >= 11 is 1.39. The van der Waals surface area contributed by atoms with E-state index in [0.717, 1.165) is 34.8 Å². The SMILES string of the molecule is O=C(O)CNCc1cnc(Oc2ccc3c(c2)CC[C@@H](c2ccccc2)O3)s1. The lowest BCUT2D eigenvalue weighted by molar-refractivity contribution is -0.135. The van der Waals surface area contributed by atoms with Crippen molar-refractivity contribution in [2.75, 3.05) is 6.54 Å². The van der Waals surface area contributed by atoms with Gasteiger partial charge in [-0.2, -0.15) is 0 Å². The molecule has 1 aliphatic heterocycles. The molecule has 7 heteroatoms. The first kappa shape index (κ1) is 18.5. The normalized spacial score (nSPS) is 15.5. The van der Waals surface area contributed by atoms with Crippen LogP contribution in [0.4, 0.5) is 0 Å². The van der Waals surface area contributed by atoms with E-state index in [2.05, 4.69) is 22.4 Å². The fraction of sp³-hybridized carbons (Fsp3) is 0.238. The highest BCUT2D eigenvalue weighted by Crippen LogP contribution is 2.37. The van der Waals surface area contributed by atoms with Gasteiger partial charge in [-0.3, -0.25) is 4.79 Å². The lowest BCUT2D eigenvalue weighted by Gasteiger charge is -2.26. The number of ether oxygens (including phenoxy) is 2. The third-order valence-corrected chi connectivity index (χ3v) is 5.34.